The Morgan fingerprint density at radius 3 is 2.40 bits per heavy atom. The van der Waals surface area contributed by atoms with Gasteiger partial charge < -0.3 is 10.1 Å². The third-order valence-corrected chi connectivity index (χ3v) is 3.18. The molecule has 2 nitrogen and oxygen atoms in total. The molecule has 0 amide bonds. The summed E-state index contributed by atoms with van der Waals surface area (Å²) in [5, 5.41) is 3.32. The highest BCUT2D eigenvalue weighted by Crippen LogP contribution is 2.23. The van der Waals surface area contributed by atoms with Gasteiger partial charge in [-0.05, 0) is 48.4 Å². The molecule has 0 aliphatic heterocycles. The lowest BCUT2D eigenvalue weighted by molar-refractivity contribution is 0.481. The van der Waals surface area contributed by atoms with Crippen molar-refractivity contribution < 1.29 is 4.74 Å². The second kappa shape index (κ2) is 7.71. The summed E-state index contributed by atoms with van der Waals surface area (Å²) in [5.74, 6) is 1.79. The largest absolute Gasteiger partial charge is 0.457 e. The molecule has 2 aromatic carbocycles. The Morgan fingerprint density at radius 1 is 0.900 bits per heavy atom. The summed E-state index contributed by atoms with van der Waals surface area (Å²) in [6, 6.07) is 16.6. The molecule has 0 spiro atoms. The molecule has 1 N–H and O–H groups in total. The summed E-state index contributed by atoms with van der Waals surface area (Å²) >= 11 is 0. The Labute approximate surface area is 121 Å². The summed E-state index contributed by atoms with van der Waals surface area (Å²) < 4.78 is 5.90. The molecular formula is C18H23NO. The fourth-order valence-corrected chi connectivity index (χ4v) is 2.14. The van der Waals surface area contributed by atoms with Crippen molar-refractivity contribution in [3.05, 3.63) is 59.7 Å². The minimum atomic E-state index is 0.878. The lowest BCUT2D eigenvalue weighted by Gasteiger charge is -2.09. The number of hydrogen-bond donors (Lipinski definition) is 1. The van der Waals surface area contributed by atoms with E-state index in [1.165, 1.54) is 17.5 Å². The van der Waals surface area contributed by atoms with E-state index < -0.39 is 0 Å². The molecule has 2 aromatic rings. The molecule has 0 radical (unpaired) electrons. The molecule has 106 valence electrons. The zero-order valence-corrected chi connectivity index (χ0v) is 12.4. The van der Waals surface area contributed by atoms with Crippen molar-refractivity contribution in [1.29, 1.82) is 0 Å². The molecular weight excluding hydrogens is 246 g/mol. The van der Waals surface area contributed by atoms with Crippen LogP contribution in [0.2, 0.25) is 0 Å². The highest BCUT2D eigenvalue weighted by atomic mass is 16.5. The van der Waals surface area contributed by atoms with Gasteiger partial charge in [-0.2, -0.15) is 0 Å². The highest BCUT2D eigenvalue weighted by Gasteiger charge is 1.99. The van der Waals surface area contributed by atoms with E-state index in [9.17, 15) is 0 Å². The molecule has 2 heteroatoms. The van der Waals surface area contributed by atoms with Gasteiger partial charge in [-0.15, -0.1) is 0 Å². The van der Waals surface area contributed by atoms with Gasteiger partial charge in [0.15, 0.2) is 0 Å². The second-order valence-corrected chi connectivity index (χ2v) is 4.92. The van der Waals surface area contributed by atoms with E-state index in [1.807, 2.05) is 24.3 Å². The molecule has 20 heavy (non-hydrogen) atoms. The Balaban J connectivity index is 2.01. The first kappa shape index (κ1) is 14.6. The molecule has 2 rings (SSSR count). The summed E-state index contributed by atoms with van der Waals surface area (Å²) in [5.41, 5.74) is 2.60. The third kappa shape index (κ3) is 4.39. The molecule has 0 aliphatic rings. The number of hydrogen-bond acceptors (Lipinski definition) is 2. The summed E-state index contributed by atoms with van der Waals surface area (Å²) in [7, 11) is 0. The number of benzene rings is 2. The minimum absolute atomic E-state index is 0.878. The maximum Gasteiger partial charge on any atom is 0.127 e. The normalized spacial score (nSPS) is 10.5. The Kier molecular flexibility index (Phi) is 5.63. The molecule has 0 unspecified atom stereocenters. The van der Waals surface area contributed by atoms with E-state index in [4.69, 9.17) is 4.74 Å². The van der Waals surface area contributed by atoms with E-state index in [1.54, 1.807) is 0 Å². The summed E-state index contributed by atoms with van der Waals surface area (Å²) in [6.45, 7) is 6.16. The van der Waals surface area contributed by atoms with E-state index in [2.05, 4.69) is 43.4 Å². The van der Waals surface area contributed by atoms with Crippen molar-refractivity contribution in [1.82, 2.24) is 5.32 Å². The average molecular weight is 269 g/mol. The first-order valence-corrected chi connectivity index (χ1v) is 7.38. The van der Waals surface area contributed by atoms with Crippen molar-refractivity contribution in [2.24, 2.45) is 0 Å². The molecule has 0 saturated heterocycles. The van der Waals surface area contributed by atoms with Crippen LogP contribution < -0.4 is 10.1 Å². The summed E-state index contributed by atoms with van der Waals surface area (Å²) in [6.07, 6.45) is 2.30. The maximum absolute atomic E-state index is 5.90. The van der Waals surface area contributed by atoms with Crippen LogP contribution in [0.1, 0.15) is 31.4 Å². The van der Waals surface area contributed by atoms with Crippen LogP contribution in [0.25, 0.3) is 0 Å². The molecule has 0 aliphatic carbocycles. The number of rotatable bonds is 7. The predicted molar refractivity (Wildman–Crippen MR) is 84.3 cm³/mol. The van der Waals surface area contributed by atoms with Crippen LogP contribution in [0.5, 0.6) is 11.5 Å². The SMILES string of the molecule is CCCc1ccc(Oc2cccc(CNCC)c2)cc1. The van der Waals surface area contributed by atoms with Crippen LogP contribution in [0.3, 0.4) is 0 Å². The molecule has 0 saturated carbocycles. The molecule has 0 bridgehead atoms. The van der Waals surface area contributed by atoms with Gasteiger partial charge >= 0.3 is 0 Å². The second-order valence-electron chi connectivity index (χ2n) is 4.92. The van der Waals surface area contributed by atoms with Gasteiger partial charge in [0.1, 0.15) is 11.5 Å². The number of nitrogens with one attached hydrogen (secondary N) is 1. The van der Waals surface area contributed by atoms with Gasteiger partial charge in [-0.3, -0.25) is 0 Å². The molecule has 0 aromatic heterocycles. The van der Waals surface area contributed by atoms with Crippen LogP contribution in [0.15, 0.2) is 48.5 Å². The standard InChI is InChI=1S/C18H23NO/c1-3-6-15-9-11-17(12-10-15)20-18-8-5-7-16(13-18)14-19-4-2/h5,7-13,19H,3-4,6,14H2,1-2H3. The van der Waals surface area contributed by atoms with Crippen LogP contribution in [-0.4, -0.2) is 6.54 Å². The first-order valence-electron chi connectivity index (χ1n) is 7.38. The third-order valence-electron chi connectivity index (χ3n) is 3.18. The average Bonchev–Trinajstić information content (AvgIpc) is 2.48. The monoisotopic (exact) mass is 269 g/mol. The Morgan fingerprint density at radius 2 is 1.70 bits per heavy atom. The van der Waals surface area contributed by atoms with Crippen molar-refractivity contribution in [2.75, 3.05) is 6.54 Å². The Hall–Kier alpha value is -1.80. The van der Waals surface area contributed by atoms with Crippen molar-refractivity contribution in [3.63, 3.8) is 0 Å². The first-order chi connectivity index (χ1) is 9.81. The lowest BCUT2D eigenvalue weighted by Crippen LogP contribution is -2.11. The van der Waals surface area contributed by atoms with Crippen LogP contribution in [-0.2, 0) is 13.0 Å². The van der Waals surface area contributed by atoms with Crippen molar-refractivity contribution in [2.45, 2.75) is 33.2 Å². The van der Waals surface area contributed by atoms with Crippen molar-refractivity contribution in [3.8, 4) is 11.5 Å². The quantitative estimate of drug-likeness (QED) is 0.796. The van der Waals surface area contributed by atoms with E-state index in [-0.39, 0.29) is 0 Å². The lowest BCUT2D eigenvalue weighted by atomic mass is 10.1. The topological polar surface area (TPSA) is 21.3 Å². The fourth-order valence-electron chi connectivity index (χ4n) is 2.14. The minimum Gasteiger partial charge on any atom is -0.457 e. The van der Waals surface area contributed by atoms with Gasteiger partial charge in [-0.25, -0.2) is 0 Å². The molecule has 0 atom stereocenters. The zero-order valence-electron chi connectivity index (χ0n) is 12.4. The van der Waals surface area contributed by atoms with Gasteiger partial charge in [-0.1, -0.05) is 44.5 Å². The Bertz CT molecular complexity index is 519. The number of aryl methyl sites for hydroxylation is 1. The number of ether oxygens (including phenoxy) is 1. The van der Waals surface area contributed by atoms with Crippen LogP contribution in [0.4, 0.5) is 0 Å². The van der Waals surface area contributed by atoms with Crippen LogP contribution >= 0.6 is 0 Å². The molecule has 0 heterocycles. The van der Waals surface area contributed by atoms with Gasteiger partial charge in [0.2, 0.25) is 0 Å². The van der Waals surface area contributed by atoms with Crippen LogP contribution in [0, 0.1) is 0 Å². The van der Waals surface area contributed by atoms with Gasteiger partial charge in [0.05, 0.1) is 0 Å². The van der Waals surface area contributed by atoms with E-state index >= 15 is 0 Å². The van der Waals surface area contributed by atoms with E-state index in [0.717, 1.165) is 31.0 Å². The smallest absolute Gasteiger partial charge is 0.127 e. The fraction of sp³-hybridized carbons (Fsp3) is 0.333. The molecule has 0 fully saturated rings. The van der Waals surface area contributed by atoms with Crippen molar-refractivity contribution >= 4 is 0 Å². The van der Waals surface area contributed by atoms with Gasteiger partial charge in [0.25, 0.3) is 0 Å². The maximum atomic E-state index is 5.90. The predicted octanol–water partition coefficient (Wildman–Crippen LogP) is 4.54. The highest BCUT2D eigenvalue weighted by molar-refractivity contribution is 5.35. The zero-order chi connectivity index (χ0) is 14.2. The van der Waals surface area contributed by atoms with E-state index in [0.29, 0.717) is 0 Å². The summed E-state index contributed by atoms with van der Waals surface area (Å²) in [4.78, 5) is 0. The van der Waals surface area contributed by atoms with Gasteiger partial charge in [0, 0.05) is 6.54 Å².